The van der Waals surface area contributed by atoms with Crippen molar-refractivity contribution < 1.29 is 9.59 Å². The Kier molecular flexibility index (Phi) is 5.77. The highest BCUT2D eigenvalue weighted by atomic mass is 32.2. The van der Waals surface area contributed by atoms with E-state index in [2.05, 4.69) is 20.4 Å². The molecule has 3 N–H and O–H groups in total. The molecule has 0 aliphatic carbocycles. The van der Waals surface area contributed by atoms with Gasteiger partial charge in [0, 0.05) is 13.1 Å². The van der Waals surface area contributed by atoms with Gasteiger partial charge in [-0.1, -0.05) is 30.0 Å². The molecule has 3 amide bonds. The molecule has 0 bridgehead atoms. The minimum atomic E-state index is -0.860. The van der Waals surface area contributed by atoms with Crippen LogP contribution in [-0.4, -0.2) is 45.0 Å². The first-order valence-corrected chi connectivity index (χ1v) is 9.47. The van der Waals surface area contributed by atoms with Gasteiger partial charge in [0.2, 0.25) is 11.9 Å². The molecule has 1 aliphatic heterocycles. The number of benzene rings is 1. The Morgan fingerprint density at radius 3 is 2.50 bits per heavy atom. The van der Waals surface area contributed by atoms with Crippen LogP contribution < -0.4 is 16.0 Å². The fraction of sp³-hybridized carbons (Fsp3) is 0.412. The zero-order valence-corrected chi connectivity index (χ0v) is 15.4. The van der Waals surface area contributed by atoms with Crippen molar-refractivity contribution in [3.8, 4) is 5.69 Å². The van der Waals surface area contributed by atoms with Crippen molar-refractivity contribution in [3.63, 3.8) is 0 Å². The number of thioether (sulfide) groups is 1. The summed E-state index contributed by atoms with van der Waals surface area (Å²) in [5, 5.41) is 10.9. The molecule has 3 rings (SSSR count). The number of rotatable bonds is 5. The van der Waals surface area contributed by atoms with Crippen molar-refractivity contribution in [3.05, 3.63) is 30.3 Å². The minimum Gasteiger partial charge on any atom is -0.351 e. The Bertz CT molecular complexity index is 773. The summed E-state index contributed by atoms with van der Waals surface area (Å²) in [6, 6.07) is 8.95. The average Bonchev–Trinajstić information content (AvgIpc) is 3.06. The molecule has 0 spiro atoms. The number of amides is 3. The lowest BCUT2D eigenvalue weighted by Crippen LogP contribution is -2.39. The number of piperidine rings is 1. The standard InChI is InChI=1S/C17H22N6O2S/c1-12(14(24)19-15(18)25)26-17-21-20-16(22-10-6-3-7-11-22)23(17)13-8-4-2-5-9-13/h2,4-5,8-9,12H,3,6-7,10-11H2,1H3,(H3,18,19,24,25). The summed E-state index contributed by atoms with van der Waals surface area (Å²) in [5.74, 6) is 0.325. The molecule has 8 nitrogen and oxygen atoms in total. The van der Waals surface area contributed by atoms with Crippen LogP contribution in [0, 0.1) is 0 Å². The Morgan fingerprint density at radius 1 is 1.15 bits per heavy atom. The van der Waals surface area contributed by atoms with Crippen LogP contribution in [0.4, 0.5) is 10.7 Å². The number of urea groups is 1. The third-order valence-corrected chi connectivity index (χ3v) is 5.21. The second-order valence-corrected chi connectivity index (χ2v) is 7.42. The summed E-state index contributed by atoms with van der Waals surface area (Å²) in [6.45, 7) is 3.58. The van der Waals surface area contributed by atoms with Crippen LogP contribution in [0.5, 0.6) is 0 Å². The Hall–Kier alpha value is -2.55. The van der Waals surface area contributed by atoms with Gasteiger partial charge in [-0.15, -0.1) is 10.2 Å². The molecule has 2 aromatic rings. The Balaban J connectivity index is 1.91. The molecule has 0 radical (unpaired) electrons. The fourth-order valence-corrected chi connectivity index (χ4v) is 3.74. The number of nitrogens with two attached hydrogens (primary N) is 1. The van der Waals surface area contributed by atoms with Crippen molar-refractivity contribution in [2.45, 2.75) is 36.6 Å². The molecular formula is C17H22N6O2S. The Labute approximate surface area is 156 Å². The van der Waals surface area contributed by atoms with E-state index in [1.54, 1.807) is 6.92 Å². The summed E-state index contributed by atoms with van der Waals surface area (Å²) in [5.41, 5.74) is 5.96. The van der Waals surface area contributed by atoms with Crippen LogP contribution >= 0.6 is 11.8 Å². The molecule has 1 fully saturated rings. The molecule has 1 aromatic heterocycles. The number of aromatic nitrogens is 3. The highest BCUT2D eigenvalue weighted by Crippen LogP contribution is 2.30. The van der Waals surface area contributed by atoms with E-state index in [1.807, 2.05) is 34.9 Å². The number of carbonyl (C=O) groups excluding carboxylic acids is 2. The highest BCUT2D eigenvalue weighted by Gasteiger charge is 2.24. The van der Waals surface area contributed by atoms with Gasteiger partial charge >= 0.3 is 6.03 Å². The van der Waals surface area contributed by atoms with Gasteiger partial charge in [-0.25, -0.2) is 4.79 Å². The summed E-state index contributed by atoms with van der Waals surface area (Å²) in [6.07, 6.45) is 3.48. The molecule has 1 atom stereocenters. The van der Waals surface area contributed by atoms with E-state index >= 15 is 0 Å². The minimum absolute atomic E-state index is 0.454. The van der Waals surface area contributed by atoms with Crippen molar-refractivity contribution in [1.29, 1.82) is 0 Å². The monoisotopic (exact) mass is 374 g/mol. The number of para-hydroxylation sites is 1. The van der Waals surface area contributed by atoms with E-state index in [0.717, 1.165) is 37.6 Å². The predicted octanol–water partition coefficient (Wildman–Crippen LogP) is 1.93. The van der Waals surface area contributed by atoms with Crippen molar-refractivity contribution in [2.75, 3.05) is 18.0 Å². The third kappa shape index (κ3) is 4.16. The molecule has 1 unspecified atom stereocenters. The molecule has 0 saturated carbocycles. The first-order chi connectivity index (χ1) is 12.6. The number of hydrogen-bond donors (Lipinski definition) is 2. The van der Waals surface area contributed by atoms with Gasteiger partial charge < -0.3 is 10.6 Å². The zero-order chi connectivity index (χ0) is 18.5. The summed E-state index contributed by atoms with van der Waals surface area (Å²) in [7, 11) is 0. The molecule has 9 heteroatoms. The van der Waals surface area contributed by atoms with E-state index in [0.29, 0.717) is 5.16 Å². The number of nitrogens with one attached hydrogen (secondary N) is 1. The number of carbonyl (C=O) groups is 2. The molecule has 26 heavy (non-hydrogen) atoms. The number of anilines is 1. The summed E-state index contributed by atoms with van der Waals surface area (Å²) in [4.78, 5) is 25.1. The van der Waals surface area contributed by atoms with E-state index in [-0.39, 0.29) is 0 Å². The first-order valence-electron chi connectivity index (χ1n) is 8.59. The van der Waals surface area contributed by atoms with Crippen molar-refractivity contribution in [2.24, 2.45) is 5.73 Å². The average molecular weight is 374 g/mol. The molecule has 1 aromatic carbocycles. The van der Waals surface area contributed by atoms with Crippen molar-refractivity contribution >= 4 is 29.6 Å². The van der Waals surface area contributed by atoms with Gasteiger partial charge in [-0.05, 0) is 38.3 Å². The topological polar surface area (TPSA) is 106 Å². The van der Waals surface area contributed by atoms with Crippen LogP contribution in [0.25, 0.3) is 5.69 Å². The molecule has 138 valence electrons. The van der Waals surface area contributed by atoms with Crippen LogP contribution in [-0.2, 0) is 4.79 Å². The lowest BCUT2D eigenvalue weighted by molar-refractivity contribution is -0.119. The van der Waals surface area contributed by atoms with E-state index in [9.17, 15) is 9.59 Å². The van der Waals surface area contributed by atoms with Gasteiger partial charge in [0.25, 0.3) is 0 Å². The van der Waals surface area contributed by atoms with Gasteiger partial charge in [-0.3, -0.25) is 14.7 Å². The van der Waals surface area contributed by atoms with Gasteiger partial charge in [-0.2, -0.15) is 0 Å². The molecule has 1 saturated heterocycles. The SMILES string of the molecule is CC(Sc1nnc(N2CCCCC2)n1-c1ccccc1)C(=O)NC(N)=O. The van der Waals surface area contributed by atoms with Gasteiger partial charge in [0.15, 0.2) is 5.16 Å². The largest absolute Gasteiger partial charge is 0.351 e. The lowest BCUT2D eigenvalue weighted by atomic mass is 10.1. The molecular weight excluding hydrogens is 352 g/mol. The lowest BCUT2D eigenvalue weighted by Gasteiger charge is -2.27. The van der Waals surface area contributed by atoms with Crippen LogP contribution in [0.3, 0.4) is 0 Å². The number of imide groups is 1. The fourth-order valence-electron chi connectivity index (χ4n) is 2.87. The maximum Gasteiger partial charge on any atom is 0.318 e. The number of hydrogen-bond acceptors (Lipinski definition) is 6. The van der Waals surface area contributed by atoms with Crippen LogP contribution in [0.1, 0.15) is 26.2 Å². The Morgan fingerprint density at radius 2 is 1.85 bits per heavy atom. The van der Waals surface area contributed by atoms with Crippen LogP contribution in [0.15, 0.2) is 35.5 Å². The van der Waals surface area contributed by atoms with Crippen molar-refractivity contribution in [1.82, 2.24) is 20.1 Å². The van der Waals surface area contributed by atoms with Crippen LogP contribution in [0.2, 0.25) is 0 Å². The van der Waals surface area contributed by atoms with E-state index in [1.165, 1.54) is 18.2 Å². The second kappa shape index (κ2) is 8.22. The van der Waals surface area contributed by atoms with E-state index < -0.39 is 17.2 Å². The number of primary amides is 1. The second-order valence-electron chi connectivity index (χ2n) is 6.11. The summed E-state index contributed by atoms with van der Waals surface area (Å²) < 4.78 is 1.96. The molecule has 1 aliphatic rings. The quantitative estimate of drug-likeness (QED) is 0.775. The van der Waals surface area contributed by atoms with E-state index in [4.69, 9.17) is 5.73 Å². The smallest absolute Gasteiger partial charge is 0.318 e. The zero-order valence-electron chi connectivity index (χ0n) is 14.6. The normalized spacial score (nSPS) is 15.5. The van der Waals surface area contributed by atoms with Gasteiger partial charge in [0.05, 0.1) is 10.9 Å². The third-order valence-electron chi connectivity index (χ3n) is 4.17. The van der Waals surface area contributed by atoms with Gasteiger partial charge in [0.1, 0.15) is 0 Å². The maximum absolute atomic E-state index is 12.0. The summed E-state index contributed by atoms with van der Waals surface area (Å²) >= 11 is 1.24. The maximum atomic E-state index is 12.0. The molecule has 2 heterocycles. The first kappa shape index (κ1) is 18.2. The number of nitrogens with zero attached hydrogens (tertiary/aromatic N) is 4. The highest BCUT2D eigenvalue weighted by molar-refractivity contribution is 8.00. The predicted molar refractivity (Wildman–Crippen MR) is 100 cm³/mol.